The number of hydrogen-bond acceptors (Lipinski definition) is 4. The van der Waals surface area contributed by atoms with Gasteiger partial charge >= 0.3 is 0 Å². The Labute approximate surface area is 143 Å². The average Bonchev–Trinajstić information content (AvgIpc) is 2.93. The standard InChI is InChI=1S/C16H13Cl2NO4/c1-9(23-13-5-10(17)4-11(18)6-13)16(20)19-12-2-3-14-15(7-12)22-8-21-14/h2-7,9H,8H2,1H3,(H,19,20). The molecule has 7 heteroatoms. The van der Waals surface area contributed by atoms with Crippen LogP contribution in [0.1, 0.15) is 6.92 Å². The number of amides is 1. The predicted molar refractivity (Wildman–Crippen MR) is 87.7 cm³/mol. The molecule has 3 rings (SSSR count). The fourth-order valence-corrected chi connectivity index (χ4v) is 2.58. The van der Waals surface area contributed by atoms with Crippen molar-refractivity contribution in [3.63, 3.8) is 0 Å². The highest BCUT2D eigenvalue weighted by Gasteiger charge is 2.18. The second-order valence-corrected chi connectivity index (χ2v) is 5.80. The van der Waals surface area contributed by atoms with E-state index in [9.17, 15) is 4.79 Å². The minimum absolute atomic E-state index is 0.182. The first-order chi connectivity index (χ1) is 11.0. The third-order valence-corrected chi connectivity index (χ3v) is 3.59. The molecule has 0 aromatic heterocycles. The van der Waals surface area contributed by atoms with E-state index in [2.05, 4.69) is 5.32 Å². The van der Waals surface area contributed by atoms with Gasteiger partial charge in [0.05, 0.1) is 0 Å². The van der Waals surface area contributed by atoms with Crippen molar-refractivity contribution in [2.75, 3.05) is 12.1 Å². The van der Waals surface area contributed by atoms with Gasteiger partial charge in [-0.1, -0.05) is 23.2 Å². The fourth-order valence-electron chi connectivity index (χ4n) is 2.07. The van der Waals surface area contributed by atoms with Crippen molar-refractivity contribution in [2.24, 2.45) is 0 Å². The molecule has 1 aliphatic rings. The molecular formula is C16H13Cl2NO4. The zero-order valence-electron chi connectivity index (χ0n) is 12.1. The summed E-state index contributed by atoms with van der Waals surface area (Å²) >= 11 is 11.8. The molecule has 0 saturated heterocycles. The monoisotopic (exact) mass is 353 g/mol. The second kappa shape index (κ2) is 6.56. The van der Waals surface area contributed by atoms with Gasteiger partial charge in [-0.3, -0.25) is 4.79 Å². The van der Waals surface area contributed by atoms with Gasteiger partial charge in [0.25, 0.3) is 5.91 Å². The van der Waals surface area contributed by atoms with Crippen molar-refractivity contribution < 1.29 is 19.0 Å². The maximum atomic E-state index is 12.2. The molecule has 1 N–H and O–H groups in total. The number of carbonyl (C=O) groups is 1. The molecule has 23 heavy (non-hydrogen) atoms. The van der Waals surface area contributed by atoms with E-state index in [-0.39, 0.29) is 12.7 Å². The molecule has 0 fully saturated rings. The predicted octanol–water partition coefficient (Wildman–Crippen LogP) is 4.13. The minimum Gasteiger partial charge on any atom is -0.481 e. The number of rotatable bonds is 4. The van der Waals surface area contributed by atoms with Gasteiger partial charge in [0, 0.05) is 21.8 Å². The van der Waals surface area contributed by atoms with Crippen molar-refractivity contribution in [3.05, 3.63) is 46.4 Å². The summed E-state index contributed by atoms with van der Waals surface area (Å²) in [6.45, 7) is 1.82. The highest BCUT2D eigenvalue weighted by molar-refractivity contribution is 6.34. The highest BCUT2D eigenvalue weighted by Crippen LogP contribution is 2.34. The number of nitrogens with one attached hydrogen (secondary N) is 1. The minimum atomic E-state index is -0.727. The molecule has 0 aliphatic carbocycles. The summed E-state index contributed by atoms with van der Waals surface area (Å²) in [7, 11) is 0. The molecule has 1 unspecified atom stereocenters. The summed E-state index contributed by atoms with van der Waals surface area (Å²) in [5, 5.41) is 3.64. The van der Waals surface area contributed by atoms with E-state index in [4.69, 9.17) is 37.4 Å². The zero-order valence-corrected chi connectivity index (χ0v) is 13.6. The molecule has 2 aromatic carbocycles. The van der Waals surface area contributed by atoms with Crippen LogP contribution < -0.4 is 19.5 Å². The van der Waals surface area contributed by atoms with Gasteiger partial charge in [-0.05, 0) is 37.3 Å². The van der Waals surface area contributed by atoms with Crippen LogP contribution in [-0.2, 0) is 4.79 Å². The van der Waals surface area contributed by atoms with Crippen molar-refractivity contribution in [2.45, 2.75) is 13.0 Å². The quantitative estimate of drug-likeness (QED) is 0.897. The highest BCUT2D eigenvalue weighted by atomic mass is 35.5. The summed E-state index contributed by atoms with van der Waals surface area (Å²) in [6, 6.07) is 9.95. The number of carbonyl (C=O) groups excluding carboxylic acids is 1. The van der Waals surface area contributed by atoms with Crippen LogP contribution in [0.2, 0.25) is 10.0 Å². The van der Waals surface area contributed by atoms with E-state index in [0.29, 0.717) is 33.0 Å². The summed E-state index contributed by atoms with van der Waals surface area (Å²) in [5.41, 5.74) is 0.596. The molecule has 0 saturated carbocycles. The van der Waals surface area contributed by atoms with Crippen molar-refractivity contribution in [3.8, 4) is 17.2 Å². The van der Waals surface area contributed by atoms with E-state index < -0.39 is 6.10 Å². The summed E-state index contributed by atoms with van der Waals surface area (Å²) in [4.78, 5) is 12.2. The molecule has 1 aliphatic heterocycles. The van der Waals surface area contributed by atoms with Crippen molar-refractivity contribution >= 4 is 34.8 Å². The Morgan fingerprint density at radius 1 is 1.13 bits per heavy atom. The molecule has 0 radical (unpaired) electrons. The van der Waals surface area contributed by atoms with Crippen LogP contribution in [-0.4, -0.2) is 18.8 Å². The summed E-state index contributed by atoms with van der Waals surface area (Å²) in [5.74, 6) is 1.37. The lowest BCUT2D eigenvalue weighted by atomic mass is 10.2. The number of fused-ring (bicyclic) bond motifs is 1. The van der Waals surface area contributed by atoms with Gasteiger partial charge in [0.2, 0.25) is 6.79 Å². The molecule has 0 bridgehead atoms. The topological polar surface area (TPSA) is 56.8 Å². The van der Waals surface area contributed by atoms with E-state index >= 15 is 0 Å². The number of halogens is 2. The Balaban J connectivity index is 1.65. The third-order valence-electron chi connectivity index (χ3n) is 3.16. The number of anilines is 1. The van der Waals surface area contributed by atoms with Crippen molar-refractivity contribution in [1.82, 2.24) is 0 Å². The average molecular weight is 354 g/mol. The molecule has 1 heterocycles. The molecule has 1 amide bonds. The first-order valence-electron chi connectivity index (χ1n) is 6.84. The normalized spacial score (nSPS) is 13.5. The van der Waals surface area contributed by atoms with Gasteiger partial charge in [0.1, 0.15) is 5.75 Å². The fraction of sp³-hybridized carbons (Fsp3) is 0.188. The molecule has 5 nitrogen and oxygen atoms in total. The van der Waals surface area contributed by atoms with Gasteiger partial charge in [-0.2, -0.15) is 0 Å². The lowest BCUT2D eigenvalue weighted by molar-refractivity contribution is -0.122. The van der Waals surface area contributed by atoms with Crippen LogP contribution in [0, 0.1) is 0 Å². The number of benzene rings is 2. The van der Waals surface area contributed by atoms with E-state index in [1.165, 1.54) is 0 Å². The summed E-state index contributed by atoms with van der Waals surface area (Å²) < 4.78 is 16.1. The zero-order chi connectivity index (χ0) is 16.4. The van der Waals surface area contributed by atoms with Crippen LogP contribution in [0.3, 0.4) is 0 Å². The number of ether oxygens (including phenoxy) is 3. The first-order valence-corrected chi connectivity index (χ1v) is 7.60. The van der Waals surface area contributed by atoms with Gasteiger partial charge < -0.3 is 19.5 Å². The maximum Gasteiger partial charge on any atom is 0.265 e. The summed E-state index contributed by atoms with van der Waals surface area (Å²) in [6.07, 6.45) is -0.727. The lowest BCUT2D eigenvalue weighted by Gasteiger charge is -2.15. The maximum absolute atomic E-state index is 12.2. The second-order valence-electron chi connectivity index (χ2n) is 4.92. The molecule has 0 spiro atoms. The molecule has 2 aromatic rings. The largest absolute Gasteiger partial charge is 0.481 e. The molecule has 120 valence electrons. The Kier molecular flexibility index (Phi) is 4.50. The van der Waals surface area contributed by atoms with Crippen LogP contribution >= 0.6 is 23.2 Å². The lowest BCUT2D eigenvalue weighted by Crippen LogP contribution is -2.30. The van der Waals surface area contributed by atoms with Crippen LogP contribution in [0.25, 0.3) is 0 Å². The van der Waals surface area contributed by atoms with E-state index in [1.807, 2.05) is 0 Å². The molecule has 1 atom stereocenters. The van der Waals surface area contributed by atoms with Crippen molar-refractivity contribution in [1.29, 1.82) is 0 Å². The van der Waals surface area contributed by atoms with Gasteiger partial charge in [-0.15, -0.1) is 0 Å². The Bertz CT molecular complexity index is 731. The SMILES string of the molecule is CC(Oc1cc(Cl)cc(Cl)c1)C(=O)Nc1ccc2c(c1)OCO2. The van der Waals surface area contributed by atoms with E-state index in [1.54, 1.807) is 43.3 Å². The van der Waals surface area contributed by atoms with E-state index in [0.717, 1.165) is 0 Å². The van der Waals surface area contributed by atoms with Crippen LogP contribution in [0.15, 0.2) is 36.4 Å². The molecular weight excluding hydrogens is 341 g/mol. The third kappa shape index (κ3) is 3.81. The Morgan fingerprint density at radius 2 is 1.83 bits per heavy atom. The smallest absolute Gasteiger partial charge is 0.265 e. The Hall–Kier alpha value is -2.11. The van der Waals surface area contributed by atoms with Gasteiger partial charge in [0.15, 0.2) is 17.6 Å². The van der Waals surface area contributed by atoms with Crippen LogP contribution in [0.5, 0.6) is 17.2 Å². The Morgan fingerprint density at radius 3 is 2.57 bits per heavy atom. The van der Waals surface area contributed by atoms with Crippen LogP contribution in [0.4, 0.5) is 5.69 Å². The van der Waals surface area contributed by atoms with Gasteiger partial charge in [-0.25, -0.2) is 0 Å². The number of hydrogen-bond donors (Lipinski definition) is 1. The first kappa shape index (κ1) is 15.8.